The summed E-state index contributed by atoms with van der Waals surface area (Å²) in [6.07, 6.45) is 0. The van der Waals surface area contributed by atoms with E-state index in [9.17, 15) is 14.9 Å². The number of methoxy groups -OCH3 is 1. The van der Waals surface area contributed by atoms with Gasteiger partial charge < -0.3 is 10.1 Å². The highest BCUT2D eigenvalue weighted by Crippen LogP contribution is 2.30. The van der Waals surface area contributed by atoms with Crippen LogP contribution in [0.1, 0.15) is 26.5 Å². The summed E-state index contributed by atoms with van der Waals surface area (Å²) in [6, 6.07) is 18.2. The summed E-state index contributed by atoms with van der Waals surface area (Å²) in [4.78, 5) is 26.9. The minimum absolute atomic E-state index is 0.204. The number of hydrogen-bond donors (Lipinski definition) is 1. The first kappa shape index (κ1) is 23.5. The van der Waals surface area contributed by atoms with Crippen LogP contribution in [0.3, 0.4) is 0 Å². The van der Waals surface area contributed by atoms with E-state index in [2.05, 4.69) is 10.4 Å². The van der Waals surface area contributed by atoms with E-state index < -0.39 is 17.6 Å². The summed E-state index contributed by atoms with van der Waals surface area (Å²) in [5, 5.41) is 18.3. The largest absolute Gasteiger partial charge is 0.497 e. The van der Waals surface area contributed by atoms with Crippen molar-refractivity contribution >= 4 is 44.8 Å². The van der Waals surface area contributed by atoms with E-state index in [-0.39, 0.29) is 6.54 Å². The Morgan fingerprint density at radius 2 is 1.85 bits per heavy atom. The number of amides is 1. The van der Waals surface area contributed by atoms with Crippen LogP contribution >= 0.6 is 22.9 Å². The second kappa shape index (κ2) is 10.1. The van der Waals surface area contributed by atoms with E-state index in [1.165, 1.54) is 11.3 Å². The maximum absolute atomic E-state index is 13.1. The number of rotatable bonds is 8. The Balaban J connectivity index is 1.50. The molecule has 0 radical (unpaired) electrons. The van der Waals surface area contributed by atoms with Gasteiger partial charge in [-0.3, -0.25) is 14.3 Å². The van der Waals surface area contributed by atoms with Gasteiger partial charge in [0.25, 0.3) is 0 Å². The lowest BCUT2D eigenvalue weighted by Gasteiger charge is -2.09. The summed E-state index contributed by atoms with van der Waals surface area (Å²) in [7, 11) is 1.57. The van der Waals surface area contributed by atoms with Crippen molar-refractivity contribution in [3.8, 4) is 11.8 Å². The van der Waals surface area contributed by atoms with E-state index in [0.29, 0.717) is 22.2 Å². The number of aromatic nitrogens is 2. The maximum Gasteiger partial charge on any atom is 0.245 e. The van der Waals surface area contributed by atoms with Crippen LogP contribution in [0.25, 0.3) is 10.2 Å². The molecule has 0 aliphatic carbocycles. The zero-order valence-electron chi connectivity index (χ0n) is 18.5. The lowest BCUT2D eigenvalue weighted by molar-refractivity contribution is -0.122. The molecule has 0 fully saturated rings. The Labute approximate surface area is 205 Å². The monoisotopic (exact) mass is 492 g/mol. The van der Waals surface area contributed by atoms with E-state index >= 15 is 0 Å². The molecule has 2 aromatic carbocycles. The molecule has 4 rings (SSSR count). The number of nitriles is 1. The molecular weight excluding hydrogens is 472 g/mol. The highest BCUT2D eigenvalue weighted by molar-refractivity contribution is 7.20. The summed E-state index contributed by atoms with van der Waals surface area (Å²) in [5.74, 6) is -1.87. The van der Waals surface area contributed by atoms with Gasteiger partial charge in [-0.15, -0.1) is 11.3 Å². The standard InChI is InChI=1S/C25H21ClN4O3S/c1-15-20-11-22(34-25(20)30(29-15)14-17-3-7-18(26)8-4-17)23(31)21(12-27)24(32)28-13-16-5-9-19(33-2)10-6-16/h3-11,21H,13-14H2,1-2H3,(H,28,32). The molecule has 1 unspecified atom stereocenters. The van der Waals surface area contributed by atoms with Gasteiger partial charge in [-0.1, -0.05) is 35.9 Å². The maximum atomic E-state index is 13.1. The van der Waals surface area contributed by atoms with Crippen LogP contribution in [0.5, 0.6) is 5.75 Å². The molecule has 0 aliphatic rings. The van der Waals surface area contributed by atoms with Crippen molar-refractivity contribution in [2.75, 3.05) is 7.11 Å². The van der Waals surface area contributed by atoms with Crippen molar-refractivity contribution in [3.63, 3.8) is 0 Å². The average Bonchev–Trinajstić information content (AvgIpc) is 3.41. The van der Waals surface area contributed by atoms with Gasteiger partial charge in [0, 0.05) is 17.0 Å². The van der Waals surface area contributed by atoms with Crippen LogP contribution in [0.4, 0.5) is 0 Å². The van der Waals surface area contributed by atoms with Crippen molar-refractivity contribution in [2.45, 2.75) is 20.0 Å². The molecule has 1 N–H and O–H groups in total. The van der Waals surface area contributed by atoms with Crippen molar-refractivity contribution in [2.24, 2.45) is 5.92 Å². The average molecular weight is 493 g/mol. The lowest BCUT2D eigenvalue weighted by atomic mass is 10.0. The quantitative estimate of drug-likeness (QED) is 0.282. The third-order valence-electron chi connectivity index (χ3n) is 5.38. The molecule has 2 aromatic heterocycles. The minimum Gasteiger partial charge on any atom is -0.497 e. The van der Waals surface area contributed by atoms with Crippen molar-refractivity contribution in [1.82, 2.24) is 15.1 Å². The van der Waals surface area contributed by atoms with Crippen LogP contribution in [-0.4, -0.2) is 28.6 Å². The van der Waals surface area contributed by atoms with Gasteiger partial charge in [0.05, 0.1) is 30.3 Å². The van der Waals surface area contributed by atoms with E-state index in [0.717, 1.165) is 27.0 Å². The number of thiophene rings is 1. The number of carbonyl (C=O) groups excluding carboxylic acids is 2. The number of hydrogen-bond acceptors (Lipinski definition) is 6. The second-order valence-electron chi connectivity index (χ2n) is 7.69. The zero-order valence-corrected chi connectivity index (χ0v) is 20.1. The first-order chi connectivity index (χ1) is 16.4. The van der Waals surface area contributed by atoms with Crippen LogP contribution in [-0.2, 0) is 17.9 Å². The predicted octanol–water partition coefficient (Wildman–Crippen LogP) is 4.76. The van der Waals surface area contributed by atoms with E-state index in [4.69, 9.17) is 16.3 Å². The number of Topliss-reactive ketones (excluding diaryl/α,β-unsaturated/α-hetero) is 1. The van der Waals surface area contributed by atoms with Gasteiger partial charge in [0.1, 0.15) is 10.6 Å². The summed E-state index contributed by atoms with van der Waals surface area (Å²) in [5.41, 5.74) is 2.62. The van der Waals surface area contributed by atoms with Crippen molar-refractivity contribution in [3.05, 3.63) is 81.3 Å². The second-order valence-corrected chi connectivity index (χ2v) is 9.16. The van der Waals surface area contributed by atoms with Gasteiger partial charge >= 0.3 is 0 Å². The fourth-order valence-electron chi connectivity index (χ4n) is 3.52. The van der Waals surface area contributed by atoms with Crippen LogP contribution < -0.4 is 10.1 Å². The van der Waals surface area contributed by atoms with Gasteiger partial charge in [-0.05, 0) is 48.4 Å². The van der Waals surface area contributed by atoms with Crippen LogP contribution in [0.15, 0.2) is 54.6 Å². The molecule has 9 heteroatoms. The molecule has 1 amide bonds. The van der Waals surface area contributed by atoms with E-state index in [1.54, 1.807) is 25.3 Å². The van der Waals surface area contributed by atoms with Gasteiger partial charge in [0.15, 0.2) is 11.7 Å². The topological polar surface area (TPSA) is 97.0 Å². The molecule has 2 heterocycles. The minimum atomic E-state index is -1.43. The van der Waals surface area contributed by atoms with Crippen molar-refractivity contribution < 1.29 is 14.3 Å². The molecule has 0 spiro atoms. The third-order valence-corrected chi connectivity index (χ3v) is 6.79. The van der Waals surface area contributed by atoms with Gasteiger partial charge in [0.2, 0.25) is 5.91 Å². The molecule has 0 saturated carbocycles. The molecule has 7 nitrogen and oxygen atoms in total. The molecule has 4 aromatic rings. The Morgan fingerprint density at radius 1 is 1.18 bits per heavy atom. The van der Waals surface area contributed by atoms with Crippen molar-refractivity contribution in [1.29, 1.82) is 5.26 Å². The van der Waals surface area contributed by atoms with Crippen LogP contribution in [0, 0.1) is 24.2 Å². The molecule has 0 aliphatic heterocycles. The molecule has 34 heavy (non-hydrogen) atoms. The number of ketones is 1. The van der Waals surface area contributed by atoms with Gasteiger partial charge in [-0.2, -0.15) is 10.4 Å². The predicted molar refractivity (Wildman–Crippen MR) is 131 cm³/mol. The Kier molecular flexibility index (Phi) is 6.96. The van der Waals surface area contributed by atoms with E-state index in [1.807, 2.05) is 54.1 Å². The number of nitrogens with one attached hydrogen (secondary N) is 1. The normalized spacial score (nSPS) is 11.7. The number of nitrogens with zero attached hydrogens (tertiary/aromatic N) is 3. The summed E-state index contributed by atoms with van der Waals surface area (Å²) < 4.78 is 6.94. The molecule has 172 valence electrons. The van der Waals surface area contributed by atoms with Crippen LogP contribution in [0.2, 0.25) is 5.02 Å². The third kappa shape index (κ3) is 4.96. The Hall–Kier alpha value is -3.67. The molecule has 0 bridgehead atoms. The highest BCUT2D eigenvalue weighted by atomic mass is 35.5. The molecule has 1 atom stereocenters. The molecule has 0 saturated heterocycles. The summed E-state index contributed by atoms with van der Waals surface area (Å²) >= 11 is 7.20. The number of carbonyl (C=O) groups is 2. The van der Waals surface area contributed by atoms with Gasteiger partial charge in [-0.25, -0.2) is 0 Å². The Morgan fingerprint density at radius 3 is 2.50 bits per heavy atom. The Bertz CT molecular complexity index is 1380. The number of ether oxygens (including phenoxy) is 1. The first-order valence-electron chi connectivity index (χ1n) is 10.5. The zero-order chi connectivity index (χ0) is 24.2. The number of fused-ring (bicyclic) bond motifs is 1. The molecular formula is C25H21ClN4O3S. The number of halogens is 1. The fraction of sp³-hybridized carbons (Fsp3) is 0.200. The highest BCUT2D eigenvalue weighted by Gasteiger charge is 2.29. The fourth-order valence-corrected chi connectivity index (χ4v) is 4.77. The SMILES string of the molecule is COc1ccc(CNC(=O)C(C#N)C(=O)c2cc3c(C)nn(Cc4ccc(Cl)cc4)c3s2)cc1. The summed E-state index contributed by atoms with van der Waals surface area (Å²) in [6.45, 7) is 2.58. The number of benzene rings is 2. The smallest absolute Gasteiger partial charge is 0.245 e. The first-order valence-corrected chi connectivity index (χ1v) is 11.6. The number of aryl methyl sites for hydroxylation is 1. The lowest BCUT2D eigenvalue weighted by Crippen LogP contribution is -2.34.